The smallest absolute Gasteiger partial charge is 0.258 e. The van der Waals surface area contributed by atoms with Crippen LogP contribution in [0, 0.1) is 0 Å². The number of aromatic nitrogens is 2. The van der Waals surface area contributed by atoms with Crippen LogP contribution in [0.2, 0.25) is 5.02 Å². The fourth-order valence-electron chi connectivity index (χ4n) is 5.08. The highest BCUT2D eigenvalue weighted by atomic mass is 35.5. The number of aliphatic hydroxyl groups is 1. The van der Waals surface area contributed by atoms with Crippen molar-refractivity contribution in [2.24, 2.45) is 0 Å². The molecule has 1 spiro atoms. The molecule has 8 heteroatoms. The first-order valence-electron chi connectivity index (χ1n) is 11.2. The van der Waals surface area contributed by atoms with Crippen molar-refractivity contribution >= 4 is 17.5 Å². The highest BCUT2D eigenvalue weighted by Crippen LogP contribution is 2.48. The molecule has 2 aromatic carbocycles. The molecule has 33 heavy (non-hydrogen) atoms. The van der Waals surface area contributed by atoms with E-state index in [1.165, 1.54) is 11.1 Å². The van der Waals surface area contributed by atoms with E-state index < -0.39 is 0 Å². The first-order valence-corrected chi connectivity index (χ1v) is 11.6. The third-order valence-corrected chi connectivity index (χ3v) is 6.81. The van der Waals surface area contributed by atoms with Gasteiger partial charge < -0.3 is 19.3 Å². The molecule has 1 aliphatic carbocycles. The van der Waals surface area contributed by atoms with Crippen LogP contribution in [-0.4, -0.2) is 51.9 Å². The summed E-state index contributed by atoms with van der Waals surface area (Å²) >= 11 is 6.38. The molecule has 2 aliphatic rings. The summed E-state index contributed by atoms with van der Waals surface area (Å²) in [6.45, 7) is 4.90. The number of halogens is 1. The Kier molecular flexibility index (Phi) is 5.62. The Hall–Kier alpha value is -2.90. The molecule has 0 bridgehead atoms. The molecular weight excluding hydrogens is 442 g/mol. The van der Waals surface area contributed by atoms with Crippen LogP contribution in [0.15, 0.2) is 40.9 Å². The number of hydrogen-bond acceptors (Lipinski definition) is 6. The highest BCUT2D eigenvalue weighted by Gasteiger charge is 2.48. The van der Waals surface area contributed by atoms with Crippen LogP contribution < -0.4 is 4.74 Å². The predicted octanol–water partition coefficient (Wildman–Crippen LogP) is 4.25. The van der Waals surface area contributed by atoms with Crippen LogP contribution in [0.3, 0.4) is 0 Å². The number of rotatable bonds is 6. The zero-order valence-electron chi connectivity index (χ0n) is 18.7. The van der Waals surface area contributed by atoms with Crippen LogP contribution in [0.25, 0.3) is 22.8 Å². The van der Waals surface area contributed by atoms with Gasteiger partial charge in [0.1, 0.15) is 5.75 Å². The van der Waals surface area contributed by atoms with E-state index in [1.54, 1.807) is 17.0 Å². The van der Waals surface area contributed by atoms with Gasteiger partial charge in [0.25, 0.3) is 5.89 Å². The minimum absolute atomic E-state index is 0.0189. The van der Waals surface area contributed by atoms with Crippen molar-refractivity contribution in [3.05, 3.63) is 52.5 Å². The lowest BCUT2D eigenvalue weighted by atomic mass is 9.80. The maximum absolute atomic E-state index is 12.5. The molecule has 0 saturated carbocycles. The van der Waals surface area contributed by atoms with E-state index >= 15 is 0 Å². The predicted molar refractivity (Wildman–Crippen MR) is 124 cm³/mol. The van der Waals surface area contributed by atoms with Crippen LogP contribution in [-0.2, 0) is 16.6 Å². The second-order valence-electron chi connectivity index (χ2n) is 9.06. The summed E-state index contributed by atoms with van der Waals surface area (Å²) in [5.74, 6) is 1.63. The maximum Gasteiger partial charge on any atom is 0.258 e. The largest absolute Gasteiger partial charge is 0.489 e. The molecule has 1 amide bonds. The lowest BCUT2D eigenvalue weighted by Crippen LogP contribution is -2.32. The maximum atomic E-state index is 12.5. The molecule has 1 aliphatic heterocycles. The Morgan fingerprint density at radius 3 is 2.91 bits per heavy atom. The van der Waals surface area contributed by atoms with Crippen LogP contribution >= 0.6 is 11.6 Å². The van der Waals surface area contributed by atoms with E-state index in [-0.39, 0.29) is 24.0 Å². The van der Waals surface area contributed by atoms with Crippen molar-refractivity contribution in [3.8, 4) is 28.6 Å². The summed E-state index contributed by atoms with van der Waals surface area (Å²) in [6, 6.07) is 11.5. The highest BCUT2D eigenvalue weighted by molar-refractivity contribution is 6.32. The van der Waals surface area contributed by atoms with E-state index in [0.717, 1.165) is 24.0 Å². The number of β-amino-alcohol motifs (C(OH)–C–C–N with tert-alkyl or cyclic N) is 1. The molecule has 172 valence electrons. The molecule has 0 radical (unpaired) electrons. The van der Waals surface area contributed by atoms with Gasteiger partial charge in [0.2, 0.25) is 11.7 Å². The monoisotopic (exact) mass is 467 g/mol. The van der Waals surface area contributed by atoms with Crippen molar-refractivity contribution < 1.29 is 19.2 Å². The zero-order chi connectivity index (χ0) is 23.2. The average molecular weight is 468 g/mol. The van der Waals surface area contributed by atoms with E-state index in [1.807, 2.05) is 32.0 Å². The Morgan fingerprint density at radius 2 is 2.15 bits per heavy atom. The minimum Gasteiger partial charge on any atom is -0.489 e. The van der Waals surface area contributed by atoms with Gasteiger partial charge in [-0.1, -0.05) is 35.0 Å². The SMILES string of the molecule is CC(C)Oc1ccc(-c2nc(-c3cccc4c3CC[C@@]43CC(=O)N(CCO)C3)no2)cc1Cl. The van der Waals surface area contributed by atoms with Crippen LogP contribution in [0.5, 0.6) is 5.75 Å². The van der Waals surface area contributed by atoms with E-state index in [9.17, 15) is 9.90 Å². The van der Waals surface area contributed by atoms with Gasteiger partial charge in [-0.05, 0) is 56.0 Å². The van der Waals surface area contributed by atoms with Gasteiger partial charge in [0, 0.05) is 36.1 Å². The Balaban J connectivity index is 1.45. The van der Waals surface area contributed by atoms with Gasteiger partial charge in [-0.25, -0.2) is 0 Å². The summed E-state index contributed by atoms with van der Waals surface area (Å²) < 4.78 is 11.3. The standard InChI is InChI=1S/C25H26ClN3O4/c1-15(2)32-21-7-6-16(12-20(21)26)24-27-23(28-33-24)18-4-3-5-19-17(18)8-9-25(19)13-22(31)29(14-25)10-11-30/h3-7,12,15,30H,8-11,13-14H2,1-2H3/t25-/m0/s1. The Morgan fingerprint density at radius 1 is 1.30 bits per heavy atom. The number of aliphatic hydroxyl groups excluding tert-OH is 1. The number of benzene rings is 2. The fraction of sp³-hybridized carbons (Fsp3) is 0.400. The number of nitrogens with zero attached hydrogens (tertiary/aromatic N) is 3. The third-order valence-electron chi connectivity index (χ3n) is 6.52. The Labute approximate surface area is 197 Å². The number of likely N-dealkylation sites (tertiary alicyclic amines) is 1. The minimum atomic E-state index is -0.204. The molecule has 1 atom stereocenters. The molecular formula is C25H26ClN3O4. The van der Waals surface area contributed by atoms with Gasteiger partial charge in [-0.3, -0.25) is 4.79 Å². The number of fused-ring (bicyclic) bond motifs is 2. The van der Waals surface area contributed by atoms with Crippen molar-refractivity contribution in [2.45, 2.75) is 44.6 Å². The van der Waals surface area contributed by atoms with Crippen molar-refractivity contribution in [1.29, 1.82) is 0 Å². The van der Waals surface area contributed by atoms with Crippen LogP contribution in [0.1, 0.15) is 37.8 Å². The molecule has 3 aromatic rings. The molecule has 0 unspecified atom stereocenters. The molecule has 1 saturated heterocycles. The lowest BCUT2D eigenvalue weighted by Gasteiger charge is -2.24. The second kappa shape index (κ2) is 8.47. The van der Waals surface area contributed by atoms with Crippen LogP contribution in [0.4, 0.5) is 0 Å². The first kappa shape index (κ1) is 21.9. The summed E-state index contributed by atoms with van der Waals surface area (Å²) in [5.41, 5.74) is 3.79. The normalized spacial score (nSPS) is 19.7. The summed E-state index contributed by atoms with van der Waals surface area (Å²) in [6.07, 6.45) is 2.25. The van der Waals surface area contributed by atoms with Crippen molar-refractivity contribution in [3.63, 3.8) is 0 Å². The number of hydrogen-bond donors (Lipinski definition) is 1. The topological polar surface area (TPSA) is 88.7 Å². The number of carbonyl (C=O) groups is 1. The van der Waals surface area contributed by atoms with Gasteiger partial charge >= 0.3 is 0 Å². The lowest BCUT2D eigenvalue weighted by molar-refractivity contribution is -0.128. The second-order valence-corrected chi connectivity index (χ2v) is 9.47. The van der Waals surface area contributed by atoms with E-state index in [0.29, 0.717) is 42.0 Å². The number of amides is 1. The van der Waals surface area contributed by atoms with Gasteiger partial charge in [-0.15, -0.1) is 0 Å². The van der Waals surface area contributed by atoms with Gasteiger partial charge in [0.15, 0.2) is 0 Å². The fourth-order valence-corrected chi connectivity index (χ4v) is 5.30. The van der Waals surface area contributed by atoms with E-state index in [4.69, 9.17) is 20.9 Å². The van der Waals surface area contributed by atoms with Crippen molar-refractivity contribution in [1.82, 2.24) is 15.0 Å². The van der Waals surface area contributed by atoms with E-state index in [2.05, 4.69) is 16.2 Å². The van der Waals surface area contributed by atoms with Gasteiger partial charge in [0.05, 0.1) is 17.7 Å². The average Bonchev–Trinajstić information content (AvgIpc) is 3.48. The quantitative estimate of drug-likeness (QED) is 0.583. The molecule has 1 aromatic heterocycles. The third kappa shape index (κ3) is 3.89. The zero-order valence-corrected chi connectivity index (χ0v) is 19.4. The summed E-state index contributed by atoms with van der Waals surface area (Å²) in [5, 5.41) is 14.0. The van der Waals surface area contributed by atoms with Gasteiger partial charge in [-0.2, -0.15) is 4.98 Å². The molecule has 7 nitrogen and oxygen atoms in total. The molecule has 5 rings (SSSR count). The Bertz CT molecular complexity index is 1210. The molecule has 1 fully saturated rings. The molecule has 2 heterocycles. The number of ether oxygens (including phenoxy) is 1. The summed E-state index contributed by atoms with van der Waals surface area (Å²) in [4.78, 5) is 18.9. The summed E-state index contributed by atoms with van der Waals surface area (Å²) in [7, 11) is 0. The first-order chi connectivity index (χ1) is 15.9. The van der Waals surface area contributed by atoms with Crippen molar-refractivity contribution in [2.75, 3.05) is 19.7 Å². The molecule has 1 N–H and O–H groups in total. The number of carbonyl (C=O) groups excluding carboxylic acids is 1.